The smallest absolute Gasteiger partial charge is 0.159 e. The monoisotopic (exact) mass is 350 g/mol. The highest BCUT2D eigenvalue weighted by Gasteiger charge is 2.05. The third-order valence-electron chi connectivity index (χ3n) is 3.22. The van der Waals surface area contributed by atoms with Gasteiger partial charge in [0.25, 0.3) is 0 Å². The van der Waals surface area contributed by atoms with Gasteiger partial charge in [-0.3, -0.25) is 0 Å². The molecule has 4 nitrogen and oxygen atoms in total. The highest BCUT2D eigenvalue weighted by atomic mass is 79.9. The summed E-state index contributed by atoms with van der Waals surface area (Å²) in [6.07, 6.45) is 1.90. The van der Waals surface area contributed by atoms with Crippen molar-refractivity contribution < 1.29 is 0 Å². The minimum absolute atomic E-state index is 0.806. The van der Waals surface area contributed by atoms with Gasteiger partial charge in [0.05, 0.1) is 23.1 Å². The molecule has 1 aromatic carbocycles. The van der Waals surface area contributed by atoms with Gasteiger partial charge in [-0.1, -0.05) is 12.1 Å². The van der Waals surface area contributed by atoms with E-state index in [9.17, 15) is 0 Å². The minimum Gasteiger partial charge on any atom is -0.329 e. The van der Waals surface area contributed by atoms with E-state index in [1.807, 2.05) is 24.5 Å². The van der Waals surface area contributed by atoms with Crippen LogP contribution in [0.15, 0.2) is 34.5 Å². The summed E-state index contributed by atoms with van der Waals surface area (Å²) in [5, 5.41) is 3.43. The third-order valence-corrected chi connectivity index (χ3v) is 4.68. The average molecular weight is 351 g/mol. The molecule has 0 saturated carbocycles. The molecule has 0 fully saturated rings. The number of benzene rings is 1. The molecule has 20 heavy (non-hydrogen) atoms. The summed E-state index contributed by atoms with van der Waals surface area (Å²) in [5.74, 6) is 0. The number of imidazole rings is 1. The third kappa shape index (κ3) is 2.92. The molecule has 0 unspecified atom stereocenters. The summed E-state index contributed by atoms with van der Waals surface area (Å²) in [5.41, 5.74) is 3.35. The molecule has 0 aliphatic rings. The molecule has 6 heteroatoms. The van der Waals surface area contributed by atoms with E-state index in [0.717, 1.165) is 34.8 Å². The van der Waals surface area contributed by atoms with Crippen molar-refractivity contribution in [2.24, 2.45) is 0 Å². The van der Waals surface area contributed by atoms with Crippen LogP contribution in [0.1, 0.15) is 10.6 Å². The lowest BCUT2D eigenvalue weighted by Crippen LogP contribution is -2.19. The van der Waals surface area contributed by atoms with Crippen LogP contribution in [0.25, 0.3) is 11.0 Å². The number of hydrogen-bond acceptors (Lipinski definition) is 4. The first-order valence-corrected chi connectivity index (χ1v) is 8.07. The van der Waals surface area contributed by atoms with Crippen molar-refractivity contribution in [1.29, 1.82) is 0 Å². The van der Waals surface area contributed by atoms with E-state index >= 15 is 0 Å². The molecule has 104 valence electrons. The second kappa shape index (κ2) is 6.03. The van der Waals surface area contributed by atoms with Gasteiger partial charge in [-0.15, -0.1) is 11.3 Å². The standard InChI is InChI=1S/C14H15BrN4S/c1-10-12(18-14(15)20-10)8-16-6-7-19-9-17-11-4-2-3-5-13(11)19/h2-5,9,16H,6-8H2,1H3. The zero-order valence-corrected chi connectivity index (χ0v) is 13.5. The summed E-state index contributed by atoms with van der Waals surface area (Å²) in [4.78, 5) is 10.1. The lowest BCUT2D eigenvalue weighted by Gasteiger charge is -2.06. The lowest BCUT2D eigenvalue weighted by molar-refractivity contribution is 0.601. The van der Waals surface area contributed by atoms with Crippen LogP contribution in [0.5, 0.6) is 0 Å². The maximum Gasteiger partial charge on any atom is 0.159 e. The van der Waals surface area contributed by atoms with E-state index in [1.54, 1.807) is 11.3 Å². The Morgan fingerprint density at radius 2 is 2.20 bits per heavy atom. The average Bonchev–Trinajstić information content (AvgIpc) is 2.99. The number of nitrogens with one attached hydrogen (secondary N) is 1. The molecule has 0 saturated heterocycles. The van der Waals surface area contributed by atoms with E-state index in [-0.39, 0.29) is 0 Å². The summed E-state index contributed by atoms with van der Waals surface area (Å²) in [6.45, 7) is 4.71. The van der Waals surface area contributed by atoms with E-state index < -0.39 is 0 Å². The van der Waals surface area contributed by atoms with Crippen molar-refractivity contribution in [3.05, 3.63) is 45.1 Å². The molecule has 0 spiro atoms. The van der Waals surface area contributed by atoms with Gasteiger partial charge in [0, 0.05) is 24.5 Å². The molecule has 0 atom stereocenters. The van der Waals surface area contributed by atoms with Gasteiger partial charge in [-0.25, -0.2) is 9.97 Å². The fraction of sp³-hybridized carbons (Fsp3) is 0.286. The maximum atomic E-state index is 4.45. The van der Waals surface area contributed by atoms with Crippen LogP contribution < -0.4 is 5.32 Å². The zero-order chi connectivity index (χ0) is 13.9. The number of rotatable bonds is 5. The minimum atomic E-state index is 0.806. The van der Waals surface area contributed by atoms with Crippen LogP contribution in [0.4, 0.5) is 0 Å². The van der Waals surface area contributed by atoms with Crippen LogP contribution in [-0.2, 0) is 13.1 Å². The van der Waals surface area contributed by atoms with Crippen molar-refractivity contribution in [2.45, 2.75) is 20.0 Å². The quantitative estimate of drug-likeness (QED) is 0.717. The van der Waals surface area contributed by atoms with E-state index in [4.69, 9.17) is 0 Å². The molecular weight excluding hydrogens is 336 g/mol. The predicted molar refractivity (Wildman–Crippen MR) is 86.0 cm³/mol. The predicted octanol–water partition coefficient (Wildman–Crippen LogP) is 3.35. The first-order chi connectivity index (χ1) is 9.74. The molecule has 2 heterocycles. The number of thiazole rings is 1. The molecule has 3 aromatic rings. The maximum absolute atomic E-state index is 4.45. The molecule has 1 N–H and O–H groups in total. The molecule has 3 rings (SSSR count). The van der Waals surface area contributed by atoms with Crippen molar-refractivity contribution in [3.8, 4) is 0 Å². The van der Waals surface area contributed by atoms with Gasteiger partial charge in [-0.2, -0.15) is 0 Å². The first-order valence-electron chi connectivity index (χ1n) is 6.46. The molecule has 0 bridgehead atoms. The SMILES string of the molecule is Cc1sc(Br)nc1CNCCn1cnc2ccccc21. The summed E-state index contributed by atoms with van der Waals surface area (Å²) in [6, 6.07) is 8.20. The highest BCUT2D eigenvalue weighted by Crippen LogP contribution is 2.21. The Balaban J connectivity index is 1.56. The number of halogens is 1. The van der Waals surface area contributed by atoms with Crippen LogP contribution in [0.2, 0.25) is 0 Å². The lowest BCUT2D eigenvalue weighted by atomic mass is 10.3. The Morgan fingerprint density at radius 3 is 3.00 bits per heavy atom. The topological polar surface area (TPSA) is 42.7 Å². The van der Waals surface area contributed by atoms with Crippen LogP contribution in [0, 0.1) is 6.92 Å². The van der Waals surface area contributed by atoms with Crippen LogP contribution in [0.3, 0.4) is 0 Å². The largest absolute Gasteiger partial charge is 0.329 e. The van der Waals surface area contributed by atoms with Crippen LogP contribution >= 0.6 is 27.3 Å². The molecule has 2 aromatic heterocycles. The van der Waals surface area contributed by atoms with Gasteiger partial charge < -0.3 is 9.88 Å². The van der Waals surface area contributed by atoms with E-state index in [1.165, 1.54) is 10.4 Å². The van der Waals surface area contributed by atoms with E-state index in [0.29, 0.717) is 0 Å². The second-order valence-electron chi connectivity index (χ2n) is 4.57. The van der Waals surface area contributed by atoms with Crippen molar-refractivity contribution in [1.82, 2.24) is 19.9 Å². The second-order valence-corrected chi connectivity index (χ2v) is 7.05. The van der Waals surface area contributed by atoms with Crippen molar-refractivity contribution in [3.63, 3.8) is 0 Å². The Bertz CT molecular complexity index is 719. The molecule has 0 aliphatic heterocycles. The zero-order valence-electron chi connectivity index (χ0n) is 11.1. The van der Waals surface area contributed by atoms with Gasteiger partial charge >= 0.3 is 0 Å². The Morgan fingerprint density at radius 1 is 1.35 bits per heavy atom. The number of hydrogen-bond donors (Lipinski definition) is 1. The fourth-order valence-electron chi connectivity index (χ4n) is 2.15. The number of fused-ring (bicyclic) bond motifs is 1. The van der Waals surface area contributed by atoms with E-state index in [2.05, 4.69) is 48.8 Å². The number of para-hydroxylation sites is 2. The first kappa shape index (κ1) is 13.7. The Hall–Kier alpha value is -1.24. The summed E-state index contributed by atoms with van der Waals surface area (Å²) < 4.78 is 3.12. The molecular formula is C14H15BrN4S. The van der Waals surface area contributed by atoms with Gasteiger partial charge in [-0.05, 0) is 35.0 Å². The fourth-order valence-corrected chi connectivity index (χ4v) is 3.74. The van der Waals surface area contributed by atoms with Crippen LogP contribution in [-0.4, -0.2) is 21.1 Å². The van der Waals surface area contributed by atoms with Crippen molar-refractivity contribution in [2.75, 3.05) is 6.54 Å². The summed E-state index contributed by atoms with van der Waals surface area (Å²) in [7, 11) is 0. The number of aromatic nitrogens is 3. The van der Waals surface area contributed by atoms with Crippen molar-refractivity contribution >= 4 is 38.3 Å². The van der Waals surface area contributed by atoms with Gasteiger partial charge in [0.15, 0.2) is 3.92 Å². The molecule has 0 radical (unpaired) electrons. The number of nitrogens with zero attached hydrogens (tertiary/aromatic N) is 3. The van der Waals surface area contributed by atoms with Gasteiger partial charge in [0.2, 0.25) is 0 Å². The normalized spacial score (nSPS) is 11.3. The number of aryl methyl sites for hydroxylation is 1. The Kier molecular flexibility index (Phi) is 4.14. The molecule has 0 aliphatic carbocycles. The molecule has 0 amide bonds. The Labute approximate surface area is 130 Å². The highest BCUT2D eigenvalue weighted by molar-refractivity contribution is 9.11. The van der Waals surface area contributed by atoms with Gasteiger partial charge in [0.1, 0.15) is 0 Å². The summed E-state index contributed by atoms with van der Waals surface area (Å²) >= 11 is 5.10.